The predicted octanol–water partition coefficient (Wildman–Crippen LogP) is 2.13. The molecule has 0 aromatic heterocycles. The van der Waals surface area contributed by atoms with Gasteiger partial charge in [-0.15, -0.1) is 0 Å². The lowest BCUT2D eigenvalue weighted by Gasteiger charge is -2.24. The molecule has 1 saturated carbocycles. The molecule has 0 atom stereocenters. The molecule has 1 aromatic rings. The fourth-order valence-electron chi connectivity index (χ4n) is 1.80. The highest BCUT2D eigenvalue weighted by Crippen LogP contribution is 2.29. The van der Waals surface area contributed by atoms with Gasteiger partial charge in [0.05, 0.1) is 0 Å². The van der Waals surface area contributed by atoms with Gasteiger partial charge >= 0.3 is 0 Å². The number of hydrogen-bond donors (Lipinski definition) is 1. The van der Waals surface area contributed by atoms with Crippen molar-refractivity contribution in [1.29, 1.82) is 0 Å². The van der Waals surface area contributed by atoms with Crippen LogP contribution in [0.25, 0.3) is 0 Å². The molecule has 1 aromatic carbocycles. The van der Waals surface area contributed by atoms with E-state index >= 15 is 0 Å². The van der Waals surface area contributed by atoms with Crippen molar-refractivity contribution in [1.82, 2.24) is 5.32 Å². The average molecular weight is 217 g/mol. The Morgan fingerprint density at radius 2 is 1.88 bits per heavy atom. The van der Waals surface area contributed by atoms with Gasteiger partial charge in [0.1, 0.15) is 0 Å². The van der Waals surface area contributed by atoms with E-state index in [0.29, 0.717) is 17.9 Å². The average Bonchev–Trinajstić information content (AvgIpc) is 2.25. The fourth-order valence-corrected chi connectivity index (χ4v) is 1.80. The van der Waals surface area contributed by atoms with Crippen molar-refractivity contribution in [2.45, 2.75) is 25.7 Å². The zero-order valence-electron chi connectivity index (χ0n) is 9.11. The monoisotopic (exact) mass is 217 g/mol. The summed E-state index contributed by atoms with van der Waals surface area (Å²) >= 11 is 0. The second-order valence-corrected chi connectivity index (χ2v) is 4.24. The van der Waals surface area contributed by atoms with E-state index in [0.717, 1.165) is 12.8 Å². The third-order valence-corrected chi connectivity index (χ3v) is 2.99. The maximum atomic E-state index is 11.6. The molecule has 1 aliphatic rings. The van der Waals surface area contributed by atoms with Crippen molar-refractivity contribution in [3.63, 3.8) is 0 Å². The second-order valence-electron chi connectivity index (χ2n) is 4.24. The van der Waals surface area contributed by atoms with Crippen LogP contribution in [0.2, 0.25) is 0 Å². The first-order valence-corrected chi connectivity index (χ1v) is 5.65. The van der Waals surface area contributed by atoms with Gasteiger partial charge in [-0.25, -0.2) is 0 Å². The summed E-state index contributed by atoms with van der Waals surface area (Å²) in [5.41, 5.74) is 0.532. The molecule has 1 aliphatic carbocycles. The van der Waals surface area contributed by atoms with Gasteiger partial charge in [0.2, 0.25) is 5.91 Å². The number of hydrogen-bond acceptors (Lipinski definition) is 2. The summed E-state index contributed by atoms with van der Waals surface area (Å²) in [6, 6.07) is 8.81. The Hall–Kier alpha value is -1.64. The van der Waals surface area contributed by atoms with Crippen LogP contribution in [0.4, 0.5) is 0 Å². The third kappa shape index (κ3) is 2.69. The molecule has 3 heteroatoms. The molecule has 0 heterocycles. The highest BCUT2D eigenvalue weighted by Gasteiger charge is 2.21. The molecule has 0 unspecified atom stereocenters. The van der Waals surface area contributed by atoms with Crippen molar-refractivity contribution < 1.29 is 9.59 Å². The van der Waals surface area contributed by atoms with Crippen molar-refractivity contribution in [3.8, 4) is 0 Å². The molecule has 3 nitrogen and oxygen atoms in total. The molecular formula is C13H15NO2. The summed E-state index contributed by atoms with van der Waals surface area (Å²) in [5.74, 6) is 0.0343. The van der Waals surface area contributed by atoms with Crippen LogP contribution in [0.1, 0.15) is 36.0 Å². The van der Waals surface area contributed by atoms with Gasteiger partial charge in [-0.2, -0.15) is 0 Å². The van der Waals surface area contributed by atoms with E-state index in [2.05, 4.69) is 5.32 Å². The van der Waals surface area contributed by atoms with E-state index in [-0.39, 0.29) is 11.8 Å². The van der Waals surface area contributed by atoms with Crippen LogP contribution in [0.15, 0.2) is 30.3 Å². The molecule has 1 N–H and O–H groups in total. The largest absolute Gasteiger partial charge is 0.292 e. The van der Waals surface area contributed by atoms with Crippen molar-refractivity contribution in [2.24, 2.45) is 5.92 Å². The number of amides is 2. The molecule has 2 rings (SSSR count). The molecule has 2 amide bonds. The van der Waals surface area contributed by atoms with Crippen LogP contribution in [-0.2, 0) is 4.79 Å². The lowest BCUT2D eigenvalue weighted by atomic mass is 9.83. The predicted molar refractivity (Wildman–Crippen MR) is 60.9 cm³/mol. The number of nitrogens with one attached hydrogen (secondary N) is 1. The van der Waals surface area contributed by atoms with E-state index in [9.17, 15) is 9.59 Å². The number of carbonyl (C=O) groups is 2. The van der Waals surface area contributed by atoms with Gasteiger partial charge < -0.3 is 0 Å². The maximum absolute atomic E-state index is 11.6. The van der Waals surface area contributed by atoms with Gasteiger partial charge in [-0.1, -0.05) is 24.6 Å². The minimum absolute atomic E-state index is 0.154. The van der Waals surface area contributed by atoms with Crippen LogP contribution >= 0.6 is 0 Å². The highest BCUT2D eigenvalue weighted by atomic mass is 16.2. The summed E-state index contributed by atoms with van der Waals surface area (Å²) in [5, 5.41) is 2.42. The Labute approximate surface area is 94.9 Å². The molecule has 0 spiro atoms. The number of carbonyl (C=O) groups excluding carboxylic acids is 2. The summed E-state index contributed by atoms with van der Waals surface area (Å²) in [6.45, 7) is 0. The van der Waals surface area contributed by atoms with Gasteiger partial charge in [0, 0.05) is 12.0 Å². The van der Waals surface area contributed by atoms with Crippen LogP contribution in [0.3, 0.4) is 0 Å². The molecule has 0 aliphatic heterocycles. The van der Waals surface area contributed by atoms with Crippen molar-refractivity contribution in [3.05, 3.63) is 35.9 Å². The van der Waals surface area contributed by atoms with Crippen LogP contribution in [0.5, 0.6) is 0 Å². The van der Waals surface area contributed by atoms with Crippen LogP contribution < -0.4 is 5.32 Å². The van der Waals surface area contributed by atoms with Gasteiger partial charge in [-0.3, -0.25) is 14.9 Å². The molecule has 16 heavy (non-hydrogen) atoms. The highest BCUT2D eigenvalue weighted by molar-refractivity contribution is 6.04. The minimum Gasteiger partial charge on any atom is -0.292 e. The Kier molecular flexibility index (Phi) is 3.34. The van der Waals surface area contributed by atoms with Gasteiger partial charge in [-0.05, 0) is 30.9 Å². The van der Waals surface area contributed by atoms with Crippen LogP contribution in [0, 0.1) is 5.92 Å². The smallest absolute Gasteiger partial charge is 0.257 e. The second kappa shape index (κ2) is 4.92. The van der Waals surface area contributed by atoms with Crippen LogP contribution in [-0.4, -0.2) is 11.8 Å². The molecular weight excluding hydrogens is 202 g/mol. The summed E-state index contributed by atoms with van der Waals surface area (Å²) in [6.07, 6.45) is 3.93. The topological polar surface area (TPSA) is 46.2 Å². The summed E-state index contributed by atoms with van der Waals surface area (Å²) in [7, 11) is 0. The molecule has 84 valence electrons. The molecule has 0 radical (unpaired) electrons. The van der Waals surface area contributed by atoms with Gasteiger partial charge in [0.15, 0.2) is 0 Å². The first-order chi connectivity index (χ1) is 7.75. The van der Waals surface area contributed by atoms with E-state index in [4.69, 9.17) is 0 Å². The lowest BCUT2D eigenvalue weighted by Crippen LogP contribution is -2.32. The van der Waals surface area contributed by atoms with Crippen molar-refractivity contribution >= 4 is 11.8 Å². The Morgan fingerprint density at radius 1 is 1.19 bits per heavy atom. The standard InChI is InChI=1S/C13H15NO2/c15-12(9-10-5-4-6-10)14-13(16)11-7-2-1-3-8-11/h1-3,7-8,10H,4-6,9H2,(H,14,15,16). The molecule has 0 saturated heterocycles. The zero-order valence-corrected chi connectivity index (χ0v) is 9.11. The minimum atomic E-state index is -0.301. The fraction of sp³-hybridized carbons (Fsp3) is 0.385. The normalized spacial score (nSPS) is 15.2. The van der Waals surface area contributed by atoms with E-state index in [1.165, 1.54) is 6.42 Å². The van der Waals surface area contributed by atoms with E-state index < -0.39 is 0 Å². The SMILES string of the molecule is O=C(CC1CCC1)NC(=O)c1ccccc1. The quantitative estimate of drug-likeness (QED) is 0.843. The summed E-state index contributed by atoms with van der Waals surface area (Å²) < 4.78 is 0. The number of imide groups is 1. The lowest BCUT2D eigenvalue weighted by molar-refractivity contribution is -0.121. The summed E-state index contributed by atoms with van der Waals surface area (Å²) in [4.78, 5) is 23.1. The van der Waals surface area contributed by atoms with Crippen molar-refractivity contribution in [2.75, 3.05) is 0 Å². The maximum Gasteiger partial charge on any atom is 0.257 e. The van der Waals surface area contributed by atoms with E-state index in [1.54, 1.807) is 24.3 Å². The molecule has 0 bridgehead atoms. The number of rotatable bonds is 3. The Morgan fingerprint density at radius 3 is 2.44 bits per heavy atom. The number of benzene rings is 1. The third-order valence-electron chi connectivity index (χ3n) is 2.99. The zero-order chi connectivity index (χ0) is 11.4. The van der Waals surface area contributed by atoms with E-state index in [1.807, 2.05) is 6.07 Å². The molecule has 1 fully saturated rings. The first-order valence-electron chi connectivity index (χ1n) is 5.65. The Balaban J connectivity index is 1.84. The van der Waals surface area contributed by atoms with Gasteiger partial charge in [0.25, 0.3) is 5.91 Å². The Bertz CT molecular complexity index is 382. The first kappa shape index (κ1) is 10.9.